The van der Waals surface area contributed by atoms with Crippen molar-refractivity contribution in [1.29, 1.82) is 0 Å². The molecule has 0 amide bonds. The predicted molar refractivity (Wildman–Crippen MR) is 74.5 cm³/mol. The molecule has 0 spiro atoms. The van der Waals surface area contributed by atoms with Crippen LogP contribution in [0.15, 0.2) is 30.3 Å². The van der Waals surface area contributed by atoms with Gasteiger partial charge in [0.2, 0.25) is 10.0 Å². The van der Waals surface area contributed by atoms with Crippen LogP contribution in [0.25, 0.3) is 0 Å². The summed E-state index contributed by atoms with van der Waals surface area (Å²) >= 11 is 0. The number of carbonyl (C=O) groups is 1. The molecule has 1 rings (SSSR count). The first kappa shape index (κ1) is 15.5. The maximum atomic E-state index is 12.2. The van der Waals surface area contributed by atoms with E-state index in [9.17, 15) is 13.2 Å². The van der Waals surface area contributed by atoms with E-state index in [1.165, 1.54) is 11.4 Å². The molecular weight excluding hydrogens is 266 g/mol. The van der Waals surface area contributed by atoms with Gasteiger partial charge in [-0.05, 0) is 25.5 Å². The van der Waals surface area contributed by atoms with Crippen molar-refractivity contribution in [3.05, 3.63) is 30.3 Å². The number of nitrogens with zero attached hydrogens (tertiary/aromatic N) is 1. The lowest BCUT2D eigenvalue weighted by atomic mass is 10.3. The van der Waals surface area contributed by atoms with Gasteiger partial charge in [0, 0.05) is 13.0 Å². The molecule has 1 aromatic carbocycles. The summed E-state index contributed by atoms with van der Waals surface area (Å²) in [6.07, 6.45) is 0.375. The SMILES string of the molecule is CCN(c1ccccc1)S(=O)(=O)CCCC(=O)OC. The smallest absolute Gasteiger partial charge is 0.305 e. The number of para-hydroxylation sites is 1. The molecule has 0 N–H and O–H groups in total. The number of esters is 1. The molecule has 0 heterocycles. The van der Waals surface area contributed by atoms with E-state index in [0.717, 1.165) is 0 Å². The zero-order chi connectivity index (χ0) is 14.3. The molecule has 0 aliphatic carbocycles. The maximum Gasteiger partial charge on any atom is 0.305 e. The van der Waals surface area contributed by atoms with Gasteiger partial charge in [-0.25, -0.2) is 8.42 Å². The molecule has 0 unspecified atom stereocenters. The van der Waals surface area contributed by atoms with Gasteiger partial charge in [-0.2, -0.15) is 0 Å². The van der Waals surface area contributed by atoms with Gasteiger partial charge in [0.15, 0.2) is 0 Å². The molecule has 0 saturated carbocycles. The Morgan fingerprint density at radius 3 is 2.42 bits per heavy atom. The lowest BCUT2D eigenvalue weighted by Gasteiger charge is -2.22. The van der Waals surface area contributed by atoms with Crippen LogP contribution in [0.4, 0.5) is 5.69 Å². The number of rotatable bonds is 7. The second-order valence-electron chi connectivity index (χ2n) is 4.00. The van der Waals surface area contributed by atoms with E-state index in [0.29, 0.717) is 12.2 Å². The zero-order valence-electron chi connectivity index (χ0n) is 11.2. The van der Waals surface area contributed by atoms with Crippen molar-refractivity contribution in [3.8, 4) is 0 Å². The van der Waals surface area contributed by atoms with Crippen LogP contribution in [0.3, 0.4) is 0 Å². The fourth-order valence-electron chi connectivity index (χ4n) is 1.75. The van der Waals surface area contributed by atoms with Crippen LogP contribution < -0.4 is 4.31 Å². The molecule has 106 valence electrons. The molecule has 0 saturated heterocycles. The summed E-state index contributed by atoms with van der Waals surface area (Å²) < 4.78 is 30.3. The largest absolute Gasteiger partial charge is 0.469 e. The summed E-state index contributed by atoms with van der Waals surface area (Å²) in [4.78, 5) is 11.0. The molecule has 19 heavy (non-hydrogen) atoms. The normalized spacial score (nSPS) is 11.1. The monoisotopic (exact) mass is 285 g/mol. The number of methoxy groups -OCH3 is 1. The fraction of sp³-hybridized carbons (Fsp3) is 0.462. The number of hydrogen-bond acceptors (Lipinski definition) is 4. The molecule has 0 aliphatic heterocycles. The summed E-state index contributed by atoms with van der Waals surface area (Å²) in [5.41, 5.74) is 0.642. The highest BCUT2D eigenvalue weighted by Gasteiger charge is 2.20. The van der Waals surface area contributed by atoms with Crippen LogP contribution in [-0.4, -0.2) is 33.8 Å². The highest BCUT2D eigenvalue weighted by molar-refractivity contribution is 7.92. The van der Waals surface area contributed by atoms with Crippen molar-refractivity contribution >= 4 is 21.7 Å². The van der Waals surface area contributed by atoms with Crippen molar-refractivity contribution in [1.82, 2.24) is 0 Å². The number of benzene rings is 1. The van der Waals surface area contributed by atoms with Crippen LogP contribution in [-0.2, 0) is 19.6 Å². The van der Waals surface area contributed by atoms with Crippen molar-refractivity contribution < 1.29 is 17.9 Å². The average Bonchev–Trinajstić information content (AvgIpc) is 2.40. The molecular formula is C13H19NO4S. The summed E-state index contributed by atoms with van der Waals surface area (Å²) in [6, 6.07) is 8.92. The van der Waals surface area contributed by atoms with Gasteiger partial charge < -0.3 is 4.74 Å². The van der Waals surface area contributed by atoms with E-state index in [4.69, 9.17) is 0 Å². The molecule has 0 fully saturated rings. The Morgan fingerprint density at radius 1 is 1.26 bits per heavy atom. The Labute approximate surface area is 114 Å². The number of ether oxygens (including phenoxy) is 1. The first-order chi connectivity index (χ1) is 9.01. The van der Waals surface area contributed by atoms with E-state index >= 15 is 0 Å². The molecule has 6 heteroatoms. The molecule has 5 nitrogen and oxygen atoms in total. The third kappa shape index (κ3) is 4.55. The first-order valence-corrected chi connectivity index (χ1v) is 7.74. The van der Waals surface area contributed by atoms with Gasteiger partial charge in [0.25, 0.3) is 0 Å². The number of anilines is 1. The maximum absolute atomic E-state index is 12.2. The highest BCUT2D eigenvalue weighted by atomic mass is 32.2. The second kappa shape index (κ2) is 7.13. The number of carbonyl (C=O) groups excluding carboxylic acids is 1. The van der Waals surface area contributed by atoms with Crippen molar-refractivity contribution in [2.24, 2.45) is 0 Å². The predicted octanol–water partition coefficient (Wildman–Crippen LogP) is 1.80. The van der Waals surface area contributed by atoms with Crippen molar-refractivity contribution in [2.45, 2.75) is 19.8 Å². The first-order valence-electron chi connectivity index (χ1n) is 6.13. The van der Waals surface area contributed by atoms with E-state index in [-0.39, 0.29) is 18.6 Å². The number of hydrogen-bond donors (Lipinski definition) is 0. The Hall–Kier alpha value is -1.56. The molecule has 0 aromatic heterocycles. The van der Waals surface area contributed by atoms with Crippen molar-refractivity contribution in [2.75, 3.05) is 23.7 Å². The van der Waals surface area contributed by atoms with Gasteiger partial charge in [0.1, 0.15) is 0 Å². The zero-order valence-corrected chi connectivity index (χ0v) is 12.0. The topological polar surface area (TPSA) is 63.7 Å². The number of sulfonamides is 1. The Morgan fingerprint density at radius 2 is 1.89 bits per heavy atom. The summed E-state index contributed by atoms with van der Waals surface area (Å²) in [6.45, 7) is 2.15. The average molecular weight is 285 g/mol. The Bertz CT molecular complexity index is 499. The molecule has 1 aromatic rings. The van der Waals surface area contributed by atoms with Crippen molar-refractivity contribution in [3.63, 3.8) is 0 Å². The minimum atomic E-state index is -3.40. The van der Waals surface area contributed by atoms with E-state index < -0.39 is 16.0 Å². The Balaban J connectivity index is 2.72. The molecule has 0 atom stereocenters. The quantitative estimate of drug-likeness (QED) is 0.717. The molecule has 0 aliphatic rings. The van der Waals surface area contributed by atoms with Crippen LogP contribution in [0, 0.1) is 0 Å². The fourth-order valence-corrected chi connectivity index (χ4v) is 3.31. The Kier molecular flexibility index (Phi) is 5.82. The summed E-state index contributed by atoms with van der Waals surface area (Å²) in [7, 11) is -2.11. The lowest BCUT2D eigenvalue weighted by molar-refractivity contribution is -0.140. The third-order valence-corrected chi connectivity index (χ3v) is 4.62. The van der Waals surface area contributed by atoms with Crippen LogP contribution in [0.5, 0.6) is 0 Å². The summed E-state index contributed by atoms with van der Waals surface area (Å²) in [5.74, 6) is -0.455. The minimum Gasteiger partial charge on any atom is -0.469 e. The van der Waals surface area contributed by atoms with Gasteiger partial charge >= 0.3 is 5.97 Å². The van der Waals surface area contributed by atoms with Crippen LogP contribution >= 0.6 is 0 Å². The lowest BCUT2D eigenvalue weighted by Crippen LogP contribution is -2.33. The van der Waals surface area contributed by atoms with Crippen LogP contribution in [0.2, 0.25) is 0 Å². The standard InChI is InChI=1S/C13H19NO4S/c1-3-14(12-8-5-4-6-9-12)19(16,17)11-7-10-13(15)18-2/h4-6,8-9H,3,7,10-11H2,1-2H3. The summed E-state index contributed by atoms with van der Waals surface area (Å²) in [5, 5.41) is 0. The van der Waals surface area contributed by atoms with E-state index in [1.807, 2.05) is 6.07 Å². The van der Waals surface area contributed by atoms with Gasteiger partial charge in [-0.15, -0.1) is 0 Å². The highest BCUT2D eigenvalue weighted by Crippen LogP contribution is 2.18. The van der Waals surface area contributed by atoms with Crippen LogP contribution in [0.1, 0.15) is 19.8 Å². The van der Waals surface area contributed by atoms with E-state index in [2.05, 4.69) is 4.74 Å². The molecule has 0 radical (unpaired) electrons. The van der Waals surface area contributed by atoms with Gasteiger partial charge in [-0.1, -0.05) is 18.2 Å². The van der Waals surface area contributed by atoms with Gasteiger partial charge in [0.05, 0.1) is 18.6 Å². The third-order valence-electron chi connectivity index (χ3n) is 2.68. The second-order valence-corrected chi connectivity index (χ2v) is 6.01. The van der Waals surface area contributed by atoms with E-state index in [1.54, 1.807) is 31.2 Å². The minimum absolute atomic E-state index is 0.0646. The molecule has 0 bridgehead atoms. The van der Waals surface area contributed by atoms with Gasteiger partial charge in [-0.3, -0.25) is 9.10 Å².